The van der Waals surface area contributed by atoms with E-state index in [0.29, 0.717) is 39.1 Å². The Labute approximate surface area is 167 Å². The van der Waals surface area contributed by atoms with E-state index in [-0.39, 0.29) is 18.0 Å². The number of carbonyl (C=O) groups excluding carboxylic acids is 1. The number of hydrogen-bond donors (Lipinski definition) is 1. The fourth-order valence-electron chi connectivity index (χ4n) is 2.80. The summed E-state index contributed by atoms with van der Waals surface area (Å²) in [7, 11) is 1.55. The molecule has 7 heteroatoms. The van der Waals surface area contributed by atoms with Gasteiger partial charge in [0, 0.05) is 33.6 Å². The molecule has 1 heterocycles. The van der Waals surface area contributed by atoms with E-state index in [2.05, 4.69) is 10.3 Å². The van der Waals surface area contributed by atoms with E-state index in [1.165, 1.54) is 4.57 Å². The lowest BCUT2D eigenvalue weighted by molar-refractivity contribution is -0.116. The lowest BCUT2D eigenvalue weighted by atomic mass is 10.1. The number of halogens is 1. The maximum absolute atomic E-state index is 12.8. The van der Waals surface area contributed by atoms with Gasteiger partial charge < -0.3 is 10.1 Å². The maximum atomic E-state index is 12.8. The van der Waals surface area contributed by atoms with E-state index < -0.39 is 0 Å². The molecule has 144 valence electrons. The lowest BCUT2D eigenvalue weighted by Crippen LogP contribution is -2.31. The molecule has 1 amide bonds. The summed E-state index contributed by atoms with van der Waals surface area (Å²) in [5.41, 5.74) is 2.10. The van der Waals surface area contributed by atoms with Crippen LogP contribution < -0.4 is 15.6 Å². The van der Waals surface area contributed by atoms with Crippen molar-refractivity contribution in [1.29, 1.82) is 0 Å². The van der Waals surface area contributed by atoms with Crippen molar-refractivity contribution < 1.29 is 9.53 Å². The summed E-state index contributed by atoms with van der Waals surface area (Å²) in [5, 5.41) is 3.31. The first-order chi connectivity index (χ1) is 13.4. The molecule has 6 nitrogen and oxygen atoms in total. The second kappa shape index (κ2) is 8.27. The maximum Gasteiger partial charge on any atom is 0.257 e. The van der Waals surface area contributed by atoms with E-state index in [0.717, 1.165) is 0 Å². The molecule has 0 spiro atoms. The normalized spacial score (nSPS) is 10.6. The van der Waals surface area contributed by atoms with Gasteiger partial charge >= 0.3 is 0 Å². The number of methoxy groups -OCH3 is 1. The van der Waals surface area contributed by atoms with Crippen molar-refractivity contribution in [2.24, 2.45) is 0 Å². The monoisotopic (exact) mass is 397 g/mol. The highest BCUT2D eigenvalue weighted by Crippen LogP contribution is 2.21. The number of anilines is 1. The standard InChI is InChI=1S/C21H20ClN3O3/c1-13-14(2)23-20(15-6-4-7-16(22)10-15)25(21(13)27)12-19(26)24-17-8-5-9-18(11-17)28-3/h4-11H,12H2,1-3H3,(H,24,26). The summed E-state index contributed by atoms with van der Waals surface area (Å²) in [5.74, 6) is 0.683. The SMILES string of the molecule is COc1cccc(NC(=O)Cn2c(-c3cccc(Cl)c3)nc(C)c(C)c2=O)c1. The number of nitrogens with one attached hydrogen (secondary N) is 1. The van der Waals surface area contributed by atoms with Gasteiger partial charge in [0.25, 0.3) is 5.56 Å². The van der Waals surface area contributed by atoms with Crippen LogP contribution in [0.25, 0.3) is 11.4 Å². The molecule has 0 saturated carbocycles. The molecule has 0 aliphatic rings. The predicted octanol–water partition coefficient (Wildman–Crippen LogP) is 3.83. The van der Waals surface area contributed by atoms with Crippen LogP contribution in [0.5, 0.6) is 5.75 Å². The fraction of sp³-hybridized carbons (Fsp3) is 0.190. The average molecular weight is 398 g/mol. The Balaban J connectivity index is 1.97. The van der Waals surface area contributed by atoms with Crippen molar-refractivity contribution in [1.82, 2.24) is 9.55 Å². The minimum absolute atomic E-state index is 0.175. The zero-order chi connectivity index (χ0) is 20.3. The van der Waals surface area contributed by atoms with E-state index >= 15 is 0 Å². The van der Waals surface area contributed by atoms with Crippen LogP contribution >= 0.6 is 11.6 Å². The van der Waals surface area contributed by atoms with Gasteiger partial charge in [0.1, 0.15) is 18.1 Å². The van der Waals surface area contributed by atoms with Crippen molar-refractivity contribution in [3.8, 4) is 17.1 Å². The zero-order valence-corrected chi connectivity index (χ0v) is 16.6. The second-order valence-electron chi connectivity index (χ2n) is 6.33. The minimum Gasteiger partial charge on any atom is -0.497 e. The predicted molar refractivity (Wildman–Crippen MR) is 110 cm³/mol. The number of amides is 1. The largest absolute Gasteiger partial charge is 0.497 e. The van der Waals surface area contributed by atoms with Gasteiger partial charge in [-0.3, -0.25) is 14.2 Å². The minimum atomic E-state index is -0.344. The molecule has 0 fully saturated rings. The molecule has 0 aliphatic carbocycles. The molecule has 28 heavy (non-hydrogen) atoms. The van der Waals surface area contributed by atoms with Crippen molar-refractivity contribution >= 4 is 23.2 Å². The van der Waals surface area contributed by atoms with Gasteiger partial charge in [0.15, 0.2) is 0 Å². The summed E-state index contributed by atoms with van der Waals surface area (Å²) in [6, 6.07) is 14.0. The van der Waals surface area contributed by atoms with Crippen LogP contribution in [-0.4, -0.2) is 22.6 Å². The molecule has 0 bridgehead atoms. The Kier molecular flexibility index (Phi) is 5.80. The molecule has 0 unspecified atom stereocenters. The van der Waals surface area contributed by atoms with Gasteiger partial charge in [-0.15, -0.1) is 0 Å². The van der Waals surface area contributed by atoms with Gasteiger partial charge in [0.2, 0.25) is 5.91 Å². The summed E-state index contributed by atoms with van der Waals surface area (Å²) in [6.07, 6.45) is 0. The summed E-state index contributed by atoms with van der Waals surface area (Å²) < 4.78 is 6.53. The van der Waals surface area contributed by atoms with Crippen molar-refractivity contribution in [3.63, 3.8) is 0 Å². The molecule has 2 aromatic carbocycles. The van der Waals surface area contributed by atoms with Crippen LogP contribution in [0.3, 0.4) is 0 Å². The highest BCUT2D eigenvalue weighted by Gasteiger charge is 2.16. The van der Waals surface area contributed by atoms with Crippen molar-refractivity contribution in [2.75, 3.05) is 12.4 Å². The van der Waals surface area contributed by atoms with E-state index in [1.807, 2.05) is 0 Å². The van der Waals surface area contributed by atoms with Crippen LogP contribution in [0.4, 0.5) is 5.69 Å². The number of ether oxygens (including phenoxy) is 1. The third-order valence-corrected chi connectivity index (χ3v) is 4.61. The van der Waals surface area contributed by atoms with Gasteiger partial charge in [-0.05, 0) is 38.1 Å². The molecule has 0 atom stereocenters. The van der Waals surface area contributed by atoms with E-state index in [4.69, 9.17) is 16.3 Å². The Bertz CT molecular complexity index is 1090. The van der Waals surface area contributed by atoms with E-state index in [9.17, 15) is 9.59 Å². The van der Waals surface area contributed by atoms with Crippen LogP contribution in [0.2, 0.25) is 5.02 Å². The molecule has 1 aromatic heterocycles. The van der Waals surface area contributed by atoms with Gasteiger partial charge in [0.05, 0.1) is 7.11 Å². The Morgan fingerprint density at radius 2 is 1.93 bits per heavy atom. The van der Waals surface area contributed by atoms with Crippen LogP contribution in [0, 0.1) is 13.8 Å². The molecule has 0 saturated heterocycles. The highest BCUT2D eigenvalue weighted by atomic mass is 35.5. The number of hydrogen-bond acceptors (Lipinski definition) is 4. The molecule has 0 aliphatic heterocycles. The highest BCUT2D eigenvalue weighted by molar-refractivity contribution is 6.30. The third-order valence-electron chi connectivity index (χ3n) is 4.38. The Morgan fingerprint density at radius 1 is 1.18 bits per heavy atom. The first kappa shape index (κ1) is 19.6. The first-order valence-corrected chi connectivity index (χ1v) is 9.04. The first-order valence-electron chi connectivity index (χ1n) is 8.67. The molecular formula is C21H20ClN3O3. The summed E-state index contributed by atoms with van der Waals surface area (Å²) in [6.45, 7) is 3.29. The van der Waals surface area contributed by atoms with Crippen LogP contribution in [0.15, 0.2) is 53.3 Å². The summed E-state index contributed by atoms with van der Waals surface area (Å²) in [4.78, 5) is 30.0. The van der Waals surface area contributed by atoms with Crippen LogP contribution in [0.1, 0.15) is 11.3 Å². The molecule has 3 rings (SSSR count). The number of aromatic nitrogens is 2. The van der Waals surface area contributed by atoms with Crippen LogP contribution in [-0.2, 0) is 11.3 Å². The third kappa shape index (κ3) is 4.23. The molecule has 3 aromatic rings. The van der Waals surface area contributed by atoms with Crippen molar-refractivity contribution in [2.45, 2.75) is 20.4 Å². The second-order valence-corrected chi connectivity index (χ2v) is 6.76. The quantitative estimate of drug-likeness (QED) is 0.710. The van der Waals surface area contributed by atoms with Crippen molar-refractivity contribution in [3.05, 3.63) is 75.2 Å². The van der Waals surface area contributed by atoms with Gasteiger partial charge in [-0.2, -0.15) is 0 Å². The number of aryl methyl sites for hydroxylation is 1. The molecular weight excluding hydrogens is 378 g/mol. The zero-order valence-electron chi connectivity index (χ0n) is 15.8. The number of benzene rings is 2. The number of carbonyl (C=O) groups is 1. The molecule has 0 radical (unpaired) electrons. The number of nitrogens with zero attached hydrogens (tertiary/aromatic N) is 2. The molecule has 1 N–H and O–H groups in total. The van der Waals surface area contributed by atoms with E-state index in [1.54, 1.807) is 69.5 Å². The smallest absolute Gasteiger partial charge is 0.257 e. The number of rotatable bonds is 5. The Hall–Kier alpha value is -3.12. The average Bonchev–Trinajstić information content (AvgIpc) is 2.68. The summed E-state index contributed by atoms with van der Waals surface area (Å²) >= 11 is 6.09. The van der Waals surface area contributed by atoms with Gasteiger partial charge in [-0.25, -0.2) is 4.98 Å². The van der Waals surface area contributed by atoms with Gasteiger partial charge in [-0.1, -0.05) is 29.8 Å². The fourth-order valence-corrected chi connectivity index (χ4v) is 2.99. The lowest BCUT2D eigenvalue weighted by Gasteiger charge is -2.15. The Morgan fingerprint density at radius 3 is 2.64 bits per heavy atom. The topological polar surface area (TPSA) is 73.2 Å².